The monoisotopic (exact) mass is 336 g/mol. The molecule has 0 aliphatic carbocycles. The highest BCUT2D eigenvalue weighted by Crippen LogP contribution is 2.40. The van der Waals surface area contributed by atoms with Gasteiger partial charge in [-0.05, 0) is 24.5 Å². The van der Waals surface area contributed by atoms with Crippen molar-refractivity contribution in [3.05, 3.63) is 46.4 Å². The number of carbonyl (C=O) groups excluding carboxylic acids is 1. The molecule has 2 aromatic rings. The van der Waals surface area contributed by atoms with Crippen LogP contribution < -0.4 is 4.90 Å². The lowest BCUT2D eigenvalue weighted by Crippen LogP contribution is -2.49. The quantitative estimate of drug-likeness (QED) is 0.861. The van der Waals surface area contributed by atoms with Crippen molar-refractivity contribution >= 4 is 34.0 Å². The molecule has 1 aliphatic heterocycles. The molecule has 0 radical (unpaired) electrons. The van der Waals surface area contributed by atoms with E-state index in [2.05, 4.69) is 4.98 Å². The molecule has 0 saturated carbocycles. The lowest BCUT2D eigenvalue weighted by molar-refractivity contribution is -0.127. The molecule has 1 aliphatic rings. The molecule has 3 rings (SSSR count). The largest absolute Gasteiger partial charge is 0.381 e. The zero-order valence-electron chi connectivity index (χ0n) is 12.3. The Bertz CT molecular complexity index is 654. The van der Waals surface area contributed by atoms with Gasteiger partial charge in [0.25, 0.3) is 0 Å². The van der Waals surface area contributed by atoms with Gasteiger partial charge in [0.2, 0.25) is 5.91 Å². The lowest BCUT2D eigenvalue weighted by atomic mass is 9.73. The third kappa shape index (κ3) is 2.64. The molecule has 6 heteroatoms. The molecule has 1 amide bonds. The number of carbonyl (C=O) groups is 1. The minimum Gasteiger partial charge on any atom is -0.381 e. The Balaban J connectivity index is 2.03. The van der Waals surface area contributed by atoms with Crippen molar-refractivity contribution in [2.24, 2.45) is 0 Å². The normalized spacial score (nSPS) is 17.2. The SMILES string of the molecule is CN(C(=O)C1(c2ccccc2Cl)CCOCC1)c1nccs1. The Morgan fingerprint density at radius 1 is 1.36 bits per heavy atom. The van der Waals surface area contributed by atoms with E-state index in [0.29, 0.717) is 36.2 Å². The van der Waals surface area contributed by atoms with Crippen LogP contribution in [0.1, 0.15) is 18.4 Å². The Morgan fingerprint density at radius 3 is 2.73 bits per heavy atom. The number of thiazole rings is 1. The summed E-state index contributed by atoms with van der Waals surface area (Å²) in [6.07, 6.45) is 2.96. The van der Waals surface area contributed by atoms with Gasteiger partial charge in [0.05, 0.1) is 5.41 Å². The third-order valence-corrected chi connectivity index (χ3v) is 5.33. The van der Waals surface area contributed by atoms with Crippen molar-refractivity contribution in [3.8, 4) is 0 Å². The highest BCUT2D eigenvalue weighted by atomic mass is 35.5. The average Bonchev–Trinajstić information content (AvgIpc) is 3.09. The number of likely N-dealkylation sites (N-methyl/N-ethyl adjacent to an activating group) is 1. The first-order valence-electron chi connectivity index (χ1n) is 7.15. The van der Waals surface area contributed by atoms with Crippen LogP contribution in [0.5, 0.6) is 0 Å². The molecule has 0 unspecified atom stereocenters. The van der Waals surface area contributed by atoms with Crippen LogP contribution in [0.25, 0.3) is 0 Å². The number of aromatic nitrogens is 1. The smallest absolute Gasteiger partial charge is 0.239 e. The number of benzene rings is 1. The van der Waals surface area contributed by atoms with Gasteiger partial charge < -0.3 is 4.74 Å². The molecule has 1 aromatic carbocycles. The molecule has 1 saturated heterocycles. The van der Waals surface area contributed by atoms with E-state index >= 15 is 0 Å². The predicted molar refractivity (Wildman–Crippen MR) is 88.7 cm³/mol. The van der Waals surface area contributed by atoms with Crippen LogP contribution in [0.15, 0.2) is 35.8 Å². The maximum Gasteiger partial charge on any atom is 0.239 e. The van der Waals surface area contributed by atoms with Crippen molar-refractivity contribution in [3.63, 3.8) is 0 Å². The second kappa shape index (κ2) is 6.36. The highest BCUT2D eigenvalue weighted by molar-refractivity contribution is 7.13. The summed E-state index contributed by atoms with van der Waals surface area (Å²) >= 11 is 7.85. The van der Waals surface area contributed by atoms with Crippen molar-refractivity contribution in [1.29, 1.82) is 0 Å². The van der Waals surface area contributed by atoms with Crippen LogP contribution in [0.2, 0.25) is 5.02 Å². The van der Waals surface area contributed by atoms with Gasteiger partial charge in [0.1, 0.15) is 0 Å². The van der Waals surface area contributed by atoms with Gasteiger partial charge >= 0.3 is 0 Å². The average molecular weight is 337 g/mol. The van der Waals surface area contributed by atoms with Crippen LogP contribution >= 0.6 is 22.9 Å². The number of nitrogens with zero attached hydrogens (tertiary/aromatic N) is 2. The van der Waals surface area contributed by atoms with E-state index in [1.165, 1.54) is 11.3 Å². The van der Waals surface area contributed by atoms with E-state index in [0.717, 1.165) is 5.56 Å². The van der Waals surface area contributed by atoms with Gasteiger partial charge in [-0.1, -0.05) is 29.8 Å². The summed E-state index contributed by atoms with van der Waals surface area (Å²) in [4.78, 5) is 19.1. The lowest BCUT2D eigenvalue weighted by Gasteiger charge is -2.38. The molecule has 22 heavy (non-hydrogen) atoms. The van der Waals surface area contributed by atoms with Crippen LogP contribution in [-0.4, -0.2) is 31.2 Å². The molecule has 0 spiro atoms. The summed E-state index contributed by atoms with van der Waals surface area (Å²) in [5.41, 5.74) is 0.241. The van der Waals surface area contributed by atoms with E-state index in [4.69, 9.17) is 16.3 Å². The van der Waals surface area contributed by atoms with Gasteiger partial charge in [-0.15, -0.1) is 11.3 Å². The number of hydrogen-bond acceptors (Lipinski definition) is 4. The number of halogens is 1. The van der Waals surface area contributed by atoms with E-state index < -0.39 is 5.41 Å². The number of amides is 1. The zero-order valence-corrected chi connectivity index (χ0v) is 13.9. The fourth-order valence-corrected chi connectivity index (χ4v) is 3.88. The second-order valence-corrected chi connectivity index (χ2v) is 6.63. The molecule has 1 fully saturated rings. The third-order valence-electron chi connectivity index (χ3n) is 4.16. The van der Waals surface area contributed by atoms with Gasteiger partial charge in [0, 0.05) is 36.9 Å². The summed E-state index contributed by atoms with van der Waals surface area (Å²) in [5.74, 6) is 0.0267. The first kappa shape index (κ1) is 15.5. The molecule has 1 aromatic heterocycles. The Labute approximate surface area is 138 Å². The Kier molecular flexibility index (Phi) is 4.47. The van der Waals surface area contributed by atoms with Gasteiger partial charge in [-0.25, -0.2) is 4.98 Å². The minimum absolute atomic E-state index is 0.0267. The summed E-state index contributed by atoms with van der Waals surface area (Å²) < 4.78 is 5.48. The zero-order chi connectivity index (χ0) is 15.6. The maximum absolute atomic E-state index is 13.2. The Morgan fingerprint density at radius 2 is 2.09 bits per heavy atom. The topological polar surface area (TPSA) is 42.4 Å². The van der Waals surface area contributed by atoms with E-state index in [-0.39, 0.29) is 5.91 Å². The van der Waals surface area contributed by atoms with Crippen LogP contribution in [-0.2, 0) is 14.9 Å². The minimum atomic E-state index is -0.642. The number of anilines is 1. The molecular weight excluding hydrogens is 320 g/mol. The van der Waals surface area contributed by atoms with Crippen LogP contribution in [0.3, 0.4) is 0 Å². The van der Waals surface area contributed by atoms with Gasteiger partial charge in [-0.3, -0.25) is 9.69 Å². The first-order chi connectivity index (χ1) is 10.6. The molecule has 0 bridgehead atoms. The maximum atomic E-state index is 13.2. The fourth-order valence-electron chi connectivity index (χ4n) is 2.96. The second-order valence-electron chi connectivity index (χ2n) is 5.35. The standard InChI is InChI=1S/C16H17ClN2O2S/c1-19(15-18-8-11-22-15)14(20)16(6-9-21-10-7-16)12-4-2-3-5-13(12)17/h2-5,8,11H,6-7,9-10H2,1H3. The molecule has 4 nitrogen and oxygen atoms in total. The summed E-state index contributed by atoms with van der Waals surface area (Å²) in [7, 11) is 1.77. The fraction of sp³-hybridized carbons (Fsp3) is 0.375. The number of ether oxygens (including phenoxy) is 1. The summed E-state index contributed by atoms with van der Waals surface area (Å²) in [5, 5.41) is 3.19. The summed E-state index contributed by atoms with van der Waals surface area (Å²) in [6.45, 7) is 1.12. The highest BCUT2D eigenvalue weighted by Gasteiger charge is 2.45. The molecule has 0 atom stereocenters. The van der Waals surface area contributed by atoms with E-state index in [1.807, 2.05) is 29.6 Å². The van der Waals surface area contributed by atoms with Crippen molar-refractivity contribution < 1.29 is 9.53 Å². The predicted octanol–water partition coefficient (Wildman–Crippen LogP) is 3.51. The van der Waals surface area contributed by atoms with E-state index in [1.54, 1.807) is 18.1 Å². The first-order valence-corrected chi connectivity index (χ1v) is 8.41. The van der Waals surface area contributed by atoms with Crippen LogP contribution in [0.4, 0.5) is 5.13 Å². The molecule has 0 N–H and O–H groups in total. The van der Waals surface area contributed by atoms with Crippen LogP contribution in [0, 0.1) is 0 Å². The summed E-state index contributed by atoms with van der Waals surface area (Å²) in [6, 6.07) is 7.59. The molecule has 116 valence electrons. The number of hydrogen-bond donors (Lipinski definition) is 0. The van der Waals surface area contributed by atoms with E-state index in [9.17, 15) is 4.79 Å². The molecule has 2 heterocycles. The Hall–Kier alpha value is -1.43. The van der Waals surface area contributed by atoms with Crippen molar-refractivity contribution in [2.45, 2.75) is 18.3 Å². The van der Waals surface area contributed by atoms with Crippen molar-refractivity contribution in [1.82, 2.24) is 4.98 Å². The van der Waals surface area contributed by atoms with Gasteiger partial charge in [-0.2, -0.15) is 0 Å². The molecular formula is C16H17ClN2O2S. The van der Waals surface area contributed by atoms with Crippen molar-refractivity contribution in [2.75, 3.05) is 25.2 Å². The number of rotatable bonds is 3. The van der Waals surface area contributed by atoms with Gasteiger partial charge in [0.15, 0.2) is 5.13 Å².